The fourth-order valence-electron chi connectivity index (χ4n) is 2.00. The van der Waals surface area contributed by atoms with Crippen molar-refractivity contribution >= 4 is 21.7 Å². The summed E-state index contributed by atoms with van der Waals surface area (Å²) in [7, 11) is 0. The van der Waals surface area contributed by atoms with Crippen LogP contribution in [0, 0.1) is 6.92 Å². The predicted molar refractivity (Wildman–Crippen MR) is 82.9 cm³/mol. The Bertz CT molecular complexity index is 616. The Morgan fingerprint density at radius 3 is 2.65 bits per heavy atom. The van der Waals surface area contributed by atoms with Crippen LogP contribution in [0.4, 0.5) is 5.82 Å². The Balaban J connectivity index is 2.29. The molecule has 0 unspecified atom stereocenters. The standard InChI is InChI=1S/C14H17BrN4O/c1-8(2)11-5-4-10(6-9(11)3)20-14-12(15)13(19-16)17-7-18-14/h4-8H,16H2,1-3H3,(H,17,18,19). The number of anilines is 1. The molecule has 0 aliphatic rings. The minimum absolute atomic E-state index is 0.421. The molecule has 0 atom stereocenters. The number of benzene rings is 1. The summed E-state index contributed by atoms with van der Waals surface area (Å²) in [5, 5.41) is 0. The van der Waals surface area contributed by atoms with Crippen molar-refractivity contribution in [3.05, 3.63) is 40.1 Å². The normalized spacial score (nSPS) is 10.7. The lowest BCUT2D eigenvalue weighted by atomic mass is 9.98. The zero-order chi connectivity index (χ0) is 14.7. The van der Waals surface area contributed by atoms with Crippen molar-refractivity contribution in [2.45, 2.75) is 26.7 Å². The van der Waals surface area contributed by atoms with Crippen molar-refractivity contribution in [1.29, 1.82) is 0 Å². The van der Waals surface area contributed by atoms with Crippen LogP contribution in [-0.4, -0.2) is 9.97 Å². The third-order valence-corrected chi connectivity index (χ3v) is 3.69. The maximum Gasteiger partial charge on any atom is 0.238 e. The van der Waals surface area contributed by atoms with Gasteiger partial charge in [-0.05, 0) is 52.0 Å². The maximum atomic E-state index is 5.77. The third kappa shape index (κ3) is 3.08. The average Bonchev–Trinajstić information content (AvgIpc) is 2.41. The smallest absolute Gasteiger partial charge is 0.238 e. The quantitative estimate of drug-likeness (QED) is 0.657. The van der Waals surface area contributed by atoms with Gasteiger partial charge in [-0.15, -0.1) is 0 Å². The monoisotopic (exact) mass is 336 g/mol. The van der Waals surface area contributed by atoms with Crippen LogP contribution in [0.5, 0.6) is 11.6 Å². The Morgan fingerprint density at radius 2 is 2.05 bits per heavy atom. The number of hydrogen-bond donors (Lipinski definition) is 2. The Kier molecular flexibility index (Phi) is 4.57. The van der Waals surface area contributed by atoms with Crippen molar-refractivity contribution in [3.8, 4) is 11.6 Å². The first kappa shape index (κ1) is 14.7. The molecule has 1 aromatic heterocycles. The molecular weight excluding hydrogens is 320 g/mol. The molecule has 0 saturated heterocycles. The number of ether oxygens (including phenoxy) is 1. The van der Waals surface area contributed by atoms with E-state index in [1.54, 1.807) is 0 Å². The summed E-state index contributed by atoms with van der Waals surface area (Å²) in [5.41, 5.74) is 4.98. The van der Waals surface area contributed by atoms with E-state index >= 15 is 0 Å². The summed E-state index contributed by atoms with van der Waals surface area (Å²) in [6, 6.07) is 6.01. The van der Waals surface area contributed by atoms with Crippen molar-refractivity contribution in [1.82, 2.24) is 9.97 Å². The number of nitrogens with one attached hydrogen (secondary N) is 1. The van der Waals surface area contributed by atoms with Gasteiger partial charge in [0.15, 0.2) is 5.82 Å². The van der Waals surface area contributed by atoms with E-state index in [1.165, 1.54) is 17.5 Å². The number of aromatic nitrogens is 2. The zero-order valence-electron chi connectivity index (χ0n) is 11.6. The largest absolute Gasteiger partial charge is 0.438 e. The molecule has 2 aromatic rings. The highest BCUT2D eigenvalue weighted by molar-refractivity contribution is 9.10. The topological polar surface area (TPSA) is 73.1 Å². The van der Waals surface area contributed by atoms with Crippen LogP contribution in [0.25, 0.3) is 0 Å². The second-order valence-corrected chi connectivity index (χ2v) is 5.55. The highest BCUT2D eigenvalue weighted by Crippen LogP contribution is 2.32. The predicted octanol–water partition coefficient (Wildman–Crippen LogP) is 3.75. The van der Waals surface area contributed by atoms with E-state index in [9.17, 15) is 0 Å². The molecule has 106 valence electrons. The summed E-state index contributed by atoms with van der Waals surface area (Å²) in [6.45, 7) is 6.41. The molecule has 0 radical (unpaired) electrons. The van der Waals surface area contributed by atoms with Gasteiger partial charge in [0.2, 0.25) is 5.88 Å². The van der Waals surface area contributed by atoms with E-state index in [0.29, 0.717) is 22.1 Å². The molecule has 20 heavy (non-hydrogen) atoms. The van der Waals surface area contributed by atoms with Gasteiger partial charge >= 0.3 is 0 Å². The first-order valence-electron chi connectivity index (χ1n) is 6.28. The van der Waals surface area contributed by atoms with Gasteiger partial charge in [-0.2, -0.15) is 0 Å². The fraction of sp³-hybridized carbons (Fsp3) is 0.286. The number of nitrogens with two attached hydrogens (primary N) is 1. The minimum atomic E-state index is 0.421. The van der Waals surface area contributed by atoms with Crippen molar-refractivity contribution in [2.75, 3.05) is 5.43 Å². The molecule has 0 aliphatic heterocycles. The minimum Gasteiger partial charge on any atom is -0.438 e. The van der Waals surface area contributed by atoms with Gasteiger partial charge in [0.05, 0.1) is 0 Å². The maximum absolute atomic E-state index is 5.77. The summed E-state index contributed by atoms with van der Waals surface area (Å²) in [6.07, 6.45) is 1.39. The van der Waals surface area contributed by atoms with Gasteiger partial charge < -0.3 is 10.2 Å². The molecule has 3 N–H and O–H groups in total. The van der Waals surface area contributed by atoms with E-state index < -0.39 is 0 Å². The zero-order valence-corrected chi connectivity index (χ0v) is 13.2. The molecule has 1 aromatic carbocycles. The summed E-state index contributed by atoms with van der Waals surface area (Å²) >= 11 is 3.36. The second-order valence-electron chi connectivity index (χ2n) is 4.76. The molecule has 0 spiro atoms. The van der Waals surface area contributed by atoms with Gasteiger partial charge in [-0.25, -0.2) is 15.8 Å². The van der Waals surface area contributed by atoms with Crippen LogP contribution < -0.4 is 16.0 Å². The SMILES string of the molecule is Cc1cc(Oc2ncnc(NN)c2Br)ccc1C(C)C. The first-order chi connectivity index (χ1) is 9.52. The average molecular weight is 337 g/mol. The van der Waals surface area contributed by atoms with Gasteiger partial charge in [-0.1, -0.05) is 19.9 Å². The molecule has 0 saturated carbocycles. The van der Waals surface area contributed by atoms with Gasteiger partial charge in [0, 0.05) is 0 Å². The van der Waals surface area contributed by atoms with E-state index in [4.69, 9.17) is 10.6 Å². The van der Waals surface area contributed by atoms with Crippen LogP contribution in [-0.2, 0) is 0 Å². The van der Waals surface area contributed by atoms with Gasteiger partial charge in [0.25, 0.3) is 0 Å². The number of nitrogens with zero attached hydrogens (tertiary/aromatic N) is 2. The van der Waals surface area contributed by atoms with Crippen molar-refractivity contribution in [3.63, 3.8) is 0 Å². The van der Waals surface area contributed by atoms with Crippen LogP contribution in [0.15, 0.2) is 29.0 Å². The highest BCUT2D eigenvalue weighted by atomic mass is 79.9. The van der Waals surface area contributed by atoms with Gasteiger partial charge in [-0.3, -0.25) is 0 Å². The summed E-state index contributed by atoms with van der Waals surface area (Å²) in [4.78, 5) is 8.07. The van der Waals surface area contributed by atoms with E-state index in [-0.39, 0.29) is 0 Å². The van der Waals surface area contributed by atoms with Crippen LogP contribution >= 0.6 is 15.9 Å². The molecule has 0 amide bonds. The Labute approximate surface area is 126 Å². The van der Waals surface area contributed by atoms with Gasteiger partial charge in [0.1, 0.15) is 16.5 Å². The van der Waals surface area contributed by atoms with Crippen LogP contribution in [0.1, 0.15) is 30.9 Å². The molecule has 0 bridgehead atoms. The molecule has 5 nitrogen and oxygen atoms in total. The lowest BCUT2D eigenvalue weighted by Crippen LogP contribution is -2.09. The summed E-state index contributed by atoms with van der Waals surface area (Å²) in [5.74, 6) is 7.48. The second kappa shape index (κ2) is 6.19. The van der Waals surface area contributed by atoms with Crippen LogP contribution in [0.2, 0.25) is 0 Å². The first-order valence-corrected chi connectivity index (χ1v) is 7.07. The molecule has 1 heterocycles. The molecule has 6 heteroatoms. The number of halogens is 1. The third-order valence-electron chi connectivity index (χ3n) is 2.97. The van der Waals surface area contributed by atoms with Crippen LogP contribution in [0.3, 0.4) is 0 Å². The lowest BCUT2D eigenvalue weighted by Gasteiger charge is -2.13. The van der Waals surface area contributed by atoms with Crippen molar-refractivity contribution < 1.29 is 4.74 Å². The number of aryl methyl sites for hydroxylation is 1. The lowest BCUT2D eigenvalue weighted by molar-refractivity contribution is 0.458. The van der Waals surface area contributed by atoms with E-state index in [1.807, 2.05) is 12.1 Å². The van der Waals surface area contributed by atoms with E-state index in [0.717, 1.165) is 5.75 Å². The molecule has 0 fully saturated rings. The molecule has 2 rings (SSSR count). The fourth-order valence-corrected chi connectivity index (χ4v) is 2.40. The number of nitrogen functional groups attached to an aromatic ring is 1. The number of hydrogen-bond acceptors (Lipinski definition) is 5. The highest BCUT2D eigenvalue weighted by Gasteiger charge is 2.11. The Hall–Kier alpha value is -1.66. The molecular formula is C14H17BrN4O. The van der Waals surface area contributed by atoms with Crippen molar-refractivity contribution in [2.24, 2.45) is 5.84 Å². The summed E-state index contributed by atoms with van der Waals surface area (Å²) < 4.78 is 6.36. The van der Waals surface area contributed by atoms with E-state index in [2.05, 4.69) is 58.2 Å². The molecule has 0 aliphatic carbocycles. The Morgan fingerprint density at radius 1 is 1.30 bits per heavy atom. The number of hydrazine groups is 1. The number of rotatable bonds is 4.